The second-order valence-electron chi connectivity index (χ2n) is 8.90. The van der Waals surface area contributed by atoms with E-state index in [0.29, 0.717) is 27.8 Å². The van der Waals surface area contributed by atoms with Crippen LogP contribution in [0.15, 0.2) is 59.7 Å². The molecular formula is C27H31BrN6O2. The van der Waals surface area contributed by atoms with Gasteiger partial charge in [-0.2, -0.15) is 4.98 Å². The third-order valence-electron chi connectivity index (χ3n) is 6.32. The van der Waals surface area contributed by atoms with Gasteiger partial charge in [0.05, 0.1) is 17.3 Å². The van der Waals surface area contributed by atoms with Crippen LogP contribution in [0.2, 0.25) is 0 Å². The molecule has 1 aliphatic rings. The van der Waals surface area contributed by atoms with Crippen molar-refractivity contribution in [3.8, 4) is 5.75 Å². The first-order valence-electron chi connectivity index (χ1n) is 11.8. The van der Waals surface area contributed by atoms with Gasteiger partial charge in [0.15, 0.2) is 0 Å². The van der Waals surface area contributed by atoms with Gasteiger partial charge in [-0.3, -0.25) is 4.79 Å². The molecule has 3 aromatic rings. The topological polar surface area (TPSA) is 91.4 Å². The molecule has 0 bridgehead atoms. The molecule has 0 radical (unpaired) electrons. The van der Waals surface area contributed by atoms with Crippen molar-refractivity contribution in [2.45, 2.75) is 25.7 Å². The molecule has 0 unspecified atom stereocenters. The molecular weight excluding hydrogens is 520 g/mol. The fraction of sp³-hybridized carbons (Fsp3) is 0.296. The Bertz CT molecular complexity index is 1260. The predicted octanol–water partition coefficient (Wildman–Crippen LogP) is 5.98. The first kappa shape index (κ1) is 25.7. The number of methoxy groups -OCH3 is 1. The first-order valence-corrected chi connectivity index (χ1v) is 12.6. The van der Waals surface area contributed by atoms with Gasteiger partial charge in [-0.05, 0) is 109 Å². The van der Waals surface area contributed by atoms with Gasteiger partial charge in [0.25, 0.3) is 0 Å². The Labute approximate surface area is 220 Å². The van der Waals surface area contributed by atoms with Crippen LogP contribution in [0.25, 0.3) is 0 Å². The number of aromatic nitrogens is 2. The Balaban J connectivity index is 1.54. The molecule has 36 heavy (non-hydrogen) atoms. The molecule has 0 spiro atoms. The fourth-order valence-electron chi connectivity index (χ4n) is 4.37. The molecule has 0 aliphatic carbocycles. The highest BCUT2D eigenvalue weighted by atomic mass is 79.9. The molecule has 1 fully saturated rings. The van der Waals surface area contributed by atoms with Crippen molar-refractivity contribution in [1.29, 1.82) is 0 Å². The monoisotopic (exact) mass is 550 g/mol. The minimum atomic E-state index is -0.270. The van der Waals surface area contributed by atoms with Crippen LogP contribution in [0.1, 0.15) is 29.9 Å². The fourth-order valence-corrected chi connectivity index (χ4v) is 4.66. The van der Waals surface area contributed by atoms with Crippen molar-refractivity contribution in [2.75, 3.05) is 43.2 Å². The van der Waals surface area contributed by atoms with Gasteiger partial charge >= 0.3 is 0 Å². The number of halogens is 1. The first-order chi connectivity index (χ1) is 17.4. The second kappa shape index (κ2) is 11.5. The molecule has 0 saturated carbocycles. The summed E-state index contributed by atoms with van der Waals surface area (Å²) in [7, 11) is 3.86. The van der Waals surface area contributed by atoms with Crippen LogP contribution in [0.5, 0.6) is 5.75 Å². The third-order valence-corrected chi connectivity index (χ3v) is 6.90. The zero-order chi connectivity index (χ0) is 25.7. The Kier molecular flexibility index (Phi) is 8.22. The average Bonchev–Trinajstić information content (AvgIpc) is 2.87. The summed E-state index contributed by atoms with van der Waals surface area (Å²) in [6, 6.07) is 11.6. The van der Waals surface area contributed by atoms with Crippen molar-refractivity contribution in [3.63, 3.8) is 0 Å². The van der Waals surface area contributed by atoms with Gasteiger partial charge < -0.3 is 25.6 Å². The van der Waals surface area contributed by atoms with Gasteiger partial charge in [0.2, 0.25) is 11.9 Å². The van der Waals surface area contributed by atoms with Crippen molar-refractivity contribution in [3.05, 3.63) is 70.8 Å². The molecule has 0 atom stereocenters. The van der Waals surface area contributed by atoms with E-state index in [1.54, 1.807) is 19.4 Å². The number of hydrogen-bond donors (Lipinski definition) is 3. The van der Waals surface area contributed by atoms with E-state index in [0.717, 1.165) is 43.1 Å². The second-order valence-corrected chi connectivity index (χ2v) is 9.76. The number of benzene rings is 2. The van der Waals surface area contributed by atoms with Gasteiger partial charge in [-0.25, -0.2) is 4.98 Å². The maximum absolute atomic E-state index is 11.6. The highest BCUT2D eigenvalue weighted by molar-refractivity contribution is 9.10. The Morgan fingerprint density at radius 2 is 1.94 bits per heavy atom. The summed E-state index contributed by atoms with van der Waals surface area (Å²) in [4.78, 5) is 23.1. The van der Waals surface area contributed by atoms with Crippen molar-refractivity contribution < 1.29 is 9.53 Å². The van der Waals surface area contributed by atoms with Gasteiger partial charge in [-0.1, -0.05) is 12.6 Å². The zero-order valence-corrected chi connectivity index (χ0v) is 22.4. The lowest BCUT2D eigenvalue weighted by atomic mass is 9.86. The number of carbonyl (C=O) groups excluding carboxylic acids is 1. The van der Waals surface area contributed by atoms with Crippen LogP contribution in [0.3, 0.4) is 0 Å². The van der Waals surface area contributed by atoms with E-state index in [1.807, 2.05) is 18.2 Å². The molecule has 3 N–H and O–H groups in total. The molecule has 8 nitrogen and oxygen atoms in total. The SMILES string of the molecule is C=CC(=O)Nc1cccc(Nc2nc(Nc3cc(C)c(C4CCN(C)CC4)cc3OC)ncc2Br)c1. The van der Waals surface area contributed by atoms with E-state index in [4.69, 9.17) is 4.74 Å². The van der Waals surface area contributed by atoms with Crippen LogP contribution in [-0.2, 0) is 4.79 Å². The van der Waals surface area contributed by atoms with Gasteiger partial charge in [0.1, 0.15) is 11.6 Å². The molecule has 2 heterocycles. The van der Waals surface area contributed by atoms with E-state index in [-0.39, 0.29) is 5.91 Å². The number of nitrogens with zero attached hydrogens (tertiary/aromatic N) is 3. The molecule has 1 saturated heterocycles. The molecule has 4 rings (SSSR count). The summed E-state index contributed by atoms with van der Waals surface area (Å²) in [6.07, 6.45) is 5.22. The minimum absolute atomic E-state index is 0.270. The summed E-state index contributed by atoms with van der Waals surface area (Å²) < 4.78 is 6.44. The van der Waals surface area contributed by atoms with Crippen LogP contribution in [0, 0.1) is 6.92 Å². The predicted molar refractivity (Wildman–Crippen MR) is 149 cm³/mol. The number of ether oxygens (including phenoxy) is 1. The maximum Gasteiger partial charge on any atom is 0.247 e. The van der Waals surface area contributed by atoms with Gasteiger partial charge in [0, 0.05) is 17.6 Å². The minimum Gasteiger partial charge on any atom is -0.495 e. The van der Waals surface area contributed by atoms with Crippen LogP contribution < -0.4 is 20.7 Å². The van der Waals surface area contributed by atoms with Crippen molar-refractivity contribution in [1.82, 2.24) is 14.9 Å². The lowest BCUT2D eigenvalue weighted by Crippen LogP contribution is -2.29. The van der Waals surface area contributed by atoms with E-state index >= 15 is 0 Å². The highest BCUT2D eigenvalue weighted by Crippen LogP contribution is 2.37. The number of carbonyl (C=O) groups is 1. The number of likely N-dealkylation sites (tertiary alicyclic amines) is 1. The number of hydrogen-bond acceptors (Lipinski definition) is 7. The number of aryl methyl sites for hydroxylation is 1. The molecule has 188 valence electrons. The maximum atomic E-state index is 11.6. The zero-order valence-electron chi connectivity index (χ0n) is 20.8. The van der Waals surface area contributed by atoms with Crippen molar-refractivity contribution in [2.24, 2.45) is 0 Å². The Morgan fingerprint density at radius 3 is 2.67 bits per heavy atom. The number of piperidine rings is 1. The smallest absolute Gasteiger partial charge is 0.247 e. The number of nitrogens with one attached hydrogen (secondary N) is 3. The molecule has 2 aromatic carbocycles. The number of anilines is 5. The Morgan fingerprint density at radius 1 is 1.19 bits per heavy atom. The molecule has 1 amide bonds. The van der Waals surface area contributed by atoms with Crippen LogP contribution in [0.4, 0.5) is 28.8 Å². The summed E-state index contributed by atoms with van der Waals surface area (Å²) in [5, 5.41) is 9.35. The van der Waals surface area contributed by atoms with Crippen LogP contribution in [-0.4, -0.2) is 48.0 Å². The number of rotatable bonds is 8. The summed E-state index contributed by atoms with van der Waals surface area (Å²) in [5.41, 5.74) is 4.79. The van der Waals surface area contributed by atoms with E-state index in [1.165, 1.54) is 17.2 Å². The van der Waals surface area contributed by atoms with E-state index in [9.17, 15) is 4.79 Å². The summed E-state index contributed by atoms with van der Waals surface area (Å²) in [5.74, 6) is 2.05. The molecule has 9 heteroatoms. The molecule has 1 aliphatic heterocycles. The lowest BCUT2D eigenvalue weighted by molar-refractivity contribution is -0.111. The van der Waals surface area contributed by atoms with Crippen LogP contribution >= 0.6 is 15.9 Å². The highest BCUT2D eigenvalue weighted by Gasteiger charge is 2.22. The summed E-state index contributed by atoms with van der Waals surface area (Å²) >= 11 is 3.51. The standard InChI is InChI=1S/C27H31BrN6O2/c1-5-25(35)30-19-7-6-8-20(14-19)31-26-22(28)16-29-27(33-26)32-23-13-17(2)21(15-24(23)36-4)18-9-11-34(3)12-10-18/h5-8,13-16,18H,1,9-12H2,2-4H3,(H,30,35)(H2,29,31,32,33). The number of amides is 1. The summed E-state index contributed by atoms with van der Waals surface area (Å²) in [6.45, 7) is 7.85. The Hall–Kier alpha value is -3.43. The van der Waals surface area contributed by atoms with E-state index in [2.05, 4.69) is 79.4 Å². The lowest BCUT2D eigenvalue weighted by Gasteiger charge is -2.30. The van der Waals surface area contributed by atoms with Gasteiger partial charge in [-0.15, -0.1) is 0 Å². The largest absolute Gasteiger partial charge is 0.495 e. The van der Waals surface area contributed by atoms with E-state index < -0.39 is 0 Å². The van der Waals surface area contributed by atoms with Crippen molar-refractivity contribution >= 4 is 50.7 Å². The quantitative estimate of drug-likeness (QED) is 0.297. The third kappa shape index (κ3) is 6.22. The average molecular weight is 551 g/mol. The normalized spacial score (nSPS) is 14.2. The molecule has 1 aromatic heterocycles.